The van der Waals surface area contributed by atoms with E-state index in [1.165, 1.54) is 18.2 Å². The fourth-order valence-electron chi connectivity index (χ4n) is 1.60. The smallest absolute Gasteiger partial charge is 0.241 e. The van der Waals surface area contributed by atoms with E-state index >= 15 is 0 Å². The standard InChI is InChI=1S/C13H12FN3O/c1-9-10(2-7-13(15)18)8-16-17(9)12-5-3-11(14)4-6-12/h2-8H,1H3,(H2,15,18)/b7-2+. The van der Waals surface area contributed by atoms with Crippen molar-refractivity contribution in [3.05, 3.63) is 53.6 Å². The fraction of sp³-hybridized carbons (Fsp3) is 0.0769. The molecule has 0 atom stereocenters. The van der Waals surface area contributed by atoms with Crippen molar-refractivity contribution < 1.29 is 9.18 Å². The van der Waals surface area contributed by atoms with E-state index in [4.69, 9.17) is 5.73 Å². The number of rotatable bonds is 3. The first-order valence-electron chi connectivity index (χ1n) is 5.36. The SMILES string of the molecule is Cc1c(/C=C/C(N)=O)cnn1-c1ccc(F)cc1. The summed E-state index contributed by atoms with van der Waals surface area (Å²) < 4.78 is 14.5. The number of amides is 1. The van der Waals surface area contributed by atoms with Gasteiger partial charge in [0, 0.05) is 17.3 Å². The van der Waals surface area contributed by atoms with Crippen molar-refractivity contribution in [3.63, 3.8) is 0 Å². The van der Waals surface area contributed by atoms with Crippen LogP contribution in [-0.2, 0) is 4.79 Å². The third-order valence-corrected chi connectivity index (χ3v) is 2.55. The van der Waals surface area contributed by atoms with Crippen LogP contribution in [-0.4, -0.2) is 15.7 Å². The molecule has 0 radical (unpaired) electrons. The predicted octanol–water partition coefficient (Wildman–Crippen LogP) is 1.82. The van der Waals surface area contributed by atoms with Crippen molar-refractivity contribution in [1.82, 2.24) is 9.78 Å². The number of carbonyl (C=O) groups excluding carboxylic acids is 1. The molecule has 0 saturated carbocycles. The monoisotopic (exact) mass is 245 g/mol. The summed E-state index contributed by atoms with van der Waals surface area (Å²) in [5.74, 6) is -0.804. The molecule has 2 N–H and O–H groups in total. The third-order valence-electron chi connectivity index (χ3n) is 2.55. The van der Waals surface area contributed by atoms with Crippen LogP contribution in [0, 0.1) is 12.7 Å². The first-order valence-corrected chi connectivity index (χ1v) is 5.36. The number of aromatic nitrogens is 2. The van der Waals surface area contributed by atoms with Gasteiger partial charge in [-0.25, -0.2) is 9.07 Å². The molecule has 0 aliphatic heterocycles. The summed E-state index contributed by atoms with van der Waals surface area (Å²) >= 11 is 0. The quantitative estimate of drug-likeness (QED) is 0.838. The zero-order valence-corrected chi connectivity index (χ0v) is 9.80. The van der Waals surface area contributed by atoms with Gasteiger partial charge in [-0.3, -0.25) is 4.79 Å². The van der Waals surface area contributed by atoms with Crippen LogP contribution in [0.5, 0.6) is 0 Å². The van der Waals surface area contributed by atoms with Crippen molar-refractivity contribution in [2.45, 2.75) is 6.92 Å². The summed E-state index contributed by atoms with van der Waals surface area (Å²) in [6.07, 6.45) is 4.50. The normalized spacial score (nSPS) is 11.0. The Labute approximate surface area is 104 Å². The van der Waals surface area contributed by atoms with E-state index < -0.39 is 5.91 Å². The molecule has 92 valence electrons. The highest BCUT2D eigenvalue weighted by atomic mass is 19.1. The molecule has 1 aromatic carbocycles. The lowest BCUT2D eigenvalue weighted by Crippen LogP contribution is -2.05. The average molecular weight is 245 g/mol. The summed E-state index contributed by atoms with van der Waals surface area (Å²) in [7, 11) is 0. The van der Waals surface area contributed by atoms with Gasteiger partial charge < -0.3 is 5.73 Å². The fourth-order valence-corrected chi connectivity index (χ4v) is 1.60. The molecule has 1 aromatic heterocycles. The number of primary amides is 1. The number of nitrogens with zero attached hydrogens (tertiary/aromatic N) is 2. The number of halogens is 1. The second-order valence-corrected chi connectivity index (χ2v) is 3.81. The lowest BCUT2D eigenvalue weighted by molar-refractivity contribution is -0.113. The second kappa shape index (κ2) is 4.83. The van der Waals surface area contributed by atoms with Crippen molar-refractivity contribution in [3.8, 4) is 5.69 Å². The predicted molar refractivity (Wildman–Crippen MR) is 66.5 cm³/mol. The Morgan fingerprint density at radius 1 is 1.39 bits per heavy atom. The van der Waals surface area contributed by atoms with Gasteiger partial charge in [-0.15, -0.1) is 0 Å². The Kier molecular flexibility index (Phi) is 3.23. The minimum Gasteiger partial charge on any atom is -0.366 e. The summed E-state index contributed by atoms with van der Waals surface area (Å²) in [5, 5.41) is 4.18. The van der Waals surface area contributed by atoms with E-state index in [0.717, 1.165) is 16.9 Å². The summed E-state index contributed by atoms with van der Waals surface area (Å²) in [4.78, 5) is 10.7. The second-order valence-electron chi connectivity index (χ2n) is 3.81. The summed E-state index contributed by atoms with van der Waals surface area (Å²) in [5.41, 5.74) is 7.42. The number of hydrogen-bond donors (Lipinski definition) is 1. The maximum absolute atomic E-state index is 12.8. The van der Waals surface area contributed by atoms with Crippen molar-refractivity contribution in [2.75, 3.05) is 0 Å². The molecule has 0 saturated heterocycles. The van der Waals surface area contributed by atoms with Crippen LogP contribution in [0.2, 0.25) is 0 Å². The molecule has 0 bridgehead atoms. The Balaban J connectivity index is 2.36. The molecule has 1 amide bonds. The average Bonchev–Trinajstić information content (AvgIpc) is 2.69. The topological polar surface area (TPSA) is 60.9 Å². The Hall–Kier alpha value is -2.43. The molecule has 18 heavy (non-hydrogen) atoms. The maximum atomic E-state index is 12.8. The highest BCUT2D eigenvalue weighted by Gasteiger charge is 2.06. The molecule has 1 heterocycles. The van der Waals surface area contributed by atoms with Gasteiger partial charge in [-0.2, -0.15) is 5.10 Å². The maximum Gasteiger partial charge on any atom is 0.241 e. The molecule has 0 unspecified atom stereocenters. The van der Waals surface area contributed by atoms with E-state index in [2.05, 4.69) is 5.10 Å². The van der Waals surface area contributed by atoms with E-state index in [1.54, 1.807) is 29.1 Å². The van der Waals surface area contributed by atoms with Gasteiger partial charge in [-0.1, -0.05) is 0 Å². The van der Waals surface area contributed by atoms with E-state index in [-0.39, 0.29) is 5.82 Å². The molecule has 2 aromatic rings. The van der Waals surface area contributed by atoms with Crippen LogP contribution < -0.4 is 5.73 Å². The first-order chi connectivity index (χ1) is 8.58. The Bertz CT molecular complexity index is 599. The van der Waals surface area contributed by atoms with Gasteiger partial charge in [0.05, 0.1) is 11.9 Å². The first kappa shape index (κ1) is 12.0. The minimum atomic E-state index is -0.510. The van der Waals surface area contributed by atoms with Gasteiger partial charge >= 0.3 is 0 Å². The Morgan fingerprint density at radius 2 is 2.06 bits per heavy atom. The lowest BCUT2D eigenvalue weighted by atomic mass is 10.2. The summed E-state index contributed by atoms with van der Waals surface area (Å²) in [6.45, 7) is 1.86. The van der Waals surface area contributed by atoms with Crippen LogP contribution >= 0.6 is 0 Å². The summed E-state index contributed by atoms with van der Waals surface area (Å²) in [6, 6.07) is 6.01. The van der Waals surface area contributed by atoms with Crippen molar-refractivity contribution in [2.24, 2.45) is 5.73 Å². The number of benzene rings is 1. The van der Waals surface area contributed by atoms with Crippen LogP contribution in [0.25, 0.3) is 11.8 Å². The van der Waals surface area contributed by atoms with Crippen molar-refractivity contribution in [1.29, 1.82) is 0 Å². The van der Waals surface area contributed by atoms with Gasteiger partial charge in [0.25, 0.3) is 0 Å². The van der Waals surface area contributed by atoms with Crippen LogP contribution in [0.15, 0.2) is 36.5 Å². The molecule has 0 spiro atoms. The molecule has 0 aliphatic carbocycles. The largest absolute Gasteiger partial charge is 0.366 e. The molecule has 4 nitrogen and oxygen atoms in total. The molecular weight excluding hydrogens is 233 g/mol. The van der Waals surface area contributed by atoms with Crippen LogP contribution in [0.3, 0.4) is 0 Å². The van der Waals surface area contributed by atoms with Crippen LogP contribution in [0.1, 0.15) is 11.3 Å². The zero-order valence-electron chi connectivity index (χ0n) is 9.80. The van der Waals surface area contributed by atoms with Gasteiger partial charge in [0.15, 0.2) is 0 Å². The van der Waals surface area contributed by atoms with E-state index in [9.17, 15) is 9.18 Å². The number of hydrogen-bond acceptors (Lipinski definition) is 2. The highest BCUT2D eigenvalue weighted by Crippen LogP contribution is 2.15. The molecule has 2 rings (SSSR count). The molecule has 5 heteroatoms. The molecular formula is C13H12FN3O. The minimum absolute atomic E-state index is 0.294. The van der Waals surface area contributed by atoms with Gasteiger partial charge in [-0.05, 0) is 37.3 Å². The van der Waals surface area contributed by atoms with Gasteiger partial charge in [0.1, 0.15) is 5.82 Å². The highest BCUT2D eigenvalue weighted by molar-refractivity contribution is 5.90. The molecule has 0 fully saturated rings. The number of nitrogens with two attached hydrogens (primary N) is 1. The molecule has 0 aliphatic rings. The van der Waals surface area contributed by atoms with E-state index in [1.807, 2.05) is 6.92 Å². The van der Waals surface area contributed by atoms with Crippen molar-refractivity contribution >= 4 is 12.0 Å². The van der Waals surface area contributed by atoms with E-state index in [0.29, 0.717) is 0 Å². The van der Waals surface area contributed by atoms with Crippen LogP contribution in [0.4, 0.5) is 4.39 Å². The zero-order chi connectivity index (χ0) is 13.1. The van der Waals surface area contributed by atoms with Gasteiger partial charge in [0.2, 0.25) is 5.91 Å². The number of carbonyl (C=O) groups is 1. The lowest BCUT2D eigenvalue weighted by Gasteiger charge is -2.04. The Morgan fingerprint density at radius 3 is 2.67 bits per heavy atom. The third kappa shape index (κ3) is 2.45.